The number of likely N-dealkylation sites (tertiary alicyclic amines) is 2. The van der Waals surface area contributed by atoms with E-state index < -0.39 is 0 Å². The van der Waals surface area contributed by atoms with Crippen LogP contribution in [-0.4, -0.2) is 106 Å². The van der Waals surface area contributed by atoms with Crippen LogP contribution >= 0.6 is 0 Å². The van der Waals surface area contributed by atoms with Crippen LogP contribution < -0.4 is 15.1 Å². The Morgan fingerprint density at radius 2 is 1.78 bits per heavy atom. The van der Waals surface area contributed by atoms with Crippen LogP contribution in [0.5, 0.6) is 0 Å². The molecule has 2 unspecified atom stereocenters. The van der Waals surface area contributed by atoms with E-state index in [9.17, 15) is 0 Å². The first kappa shape index (κ1) is 22.4. The first-order valence-electron chi connectivity index (χ1n) is 13.6. The van der Waals surface area contributed by atoms with Crippen LogP contribution in [0.15, 0.2) is 24.5 Å². The monoisotopic (exact) mass is 488 g/mol. The number of hydrogen-bond donors (Lipinski definition) is 2. The highest BCUT2D eigenvalue weighted by atomic mass is 15.4. The quantitative estimate of drug-likeness (QED) is 0.559. The minimum absolute atomic E-state index is 0.475. The lowest BCUT2D eigenvalue weighted by atomic mass is 10.1. The Hall–Kier alpha value is -2.82. The minimum Gasteiger partial charge on any atom is -0.354 e. The Morgan fingerprint density at radius 1 is 0.944 bits per heavy atom. The van der Waals surface area contributed by atoms with E-state index in [0.717, 1.165) is 73.4 Å². The van der Waals surface area contributed by atoms with Crippen LogP contribution in [0.4, 0.5) is 11.8 Å². The summed E-state index contributed by atoms with van der Waals surface area (Å²) >= 11 is 0. The number of pyridine rings is 1. The third-order valence-corrected chi connectivity index (χ3v) is 8.39. The van der Waals surface area contributed by atoms with Gasteiger partial charge in [0.15, 0.2) is 0 Å². The molecule has 3 aromatic heterocycles. The first-order chi connectivity index (χ1) is 17.7. The van der Waals surface area contributed by atoms with E-state index in [1.165, 1.54) is 38.8 Å². The van der Waals surface area contributed by atoms with E-state index in [0.29, 0.717) is 18.1 Å². The van der Waals surface area contributed by atoms with E-state index in [1.54, 1.807) is 0 Å². The summed E-state index contributed by atoms with van der Waals surface area (Å²) in [6.45, 7) is 11.0. The van der Waals surface area contributed by atoms with Crippen molar-refractivity contribution in [2.24, 2.45) is 0 Å². The molecule has 7 rings (SSSR count). The number of nitrogens with one attached hydrogen (secondary N) is 2. The molecule has 0 radical (unpaired) electrons. The molecule has 0 saturated carbocycles. The van der Waals surface area contributed by atoms with Crippen molar-refractivity contribution in [3.63, 3.8) is 0 Å². The van der Waals surface area contributed by atoms with Crippen molar-refractivity contribution in [2.45, 2.75) is 50.7 Å². The number of nitrogens with zero attached hydrogens (tertiary/aromatic N) is 8. The van der Waals surface area contributed by atoms with Gasteiger partial charge in [-0.1, -0.05) is 0 Å². The zero-order valence-corrected chi connectivity index (χ0v) is 21.1. The average Bonchev–Trinajstić information content (AvgIpc) is 3.62. The molecule has 36 heavy (non-hydrogen) atoms. The van der Waals surface area contributed by atoms with Gasteiger partial charge in [-0.2, -0.15) is 5.10 Å². The van der Waals surface area contributed by atoms with Crippen LogP contribution in [0.25, 0.3) is 22.3 Å². The highest BCUT2D eigenvalue weighted by Crippen LogP contribution is 2.35. The van der Waals surface area contributed by atoms with Crippen LogP contribution in [0.2, 0.25) is 0 Å². The van der Waals surface area contributed by atoms with Gasteiger partial charge >= 0.3 is 0 Å². The third-order valence-electron chi connectivity index (χ3n) is 8.39. The summed E-state index contributed by atoms with van der Waals surface area (Å²) in [5.41, 5.74) is 3.58. The molecule has 0 amide bonds. The number of anilines is 2. The lowest BCUT2D eigenvalue weighted by molar-refractivity contribution is 0.127. The van der Waals surface area contributed by atoms with Crippen LogP contribution in [0, 0.1) is 0 Å². The zero-order chi connectivity index (χ0) is 24.1. The Balaban J connectivity index is 1.11. The SMILES string of the molecule is C[C@@H]1CN(c2ccc(-c3n[nH]c4cnc(N5C6CCC5CN(CN5CCCC5)C6)nc34)cn2)CCN1. The van der Waals surface area contributed by atoms with Gasteiger partial charge < -0.3 is 15.1 Å². The zero-order valence-electron chi connectivity index (χ0n) is 21.1. The molecular weight excluding hydrogens is 452 g/mol. The smallest absolute Gasteiger partial charge is 0.226 e. The Kier molecular flexibility index (Phi) is 5.75. The fraction of sp³-hybridized carbons (Fsp3) is 0.615. The molecular formula is C26H36N10. The molecule has 4 fully saturated rings. The Bertz CT molecular complexity index is 1190. The van der Waals surface area contributed by atoms with Crippen LogP contribution in [0.3, 0.4) is 0 Å². The summed E-state index contributed by atoms with van der Waals surface area (Å²) in [6.07, 6.45) is 8.96. The maximum Gasteiger partial charge on any atom is 0.226 e. The van der Waals surface area contributed by atoms with Gasteiger partial charge in [-0.05, 0) is 57.8 Å². The van der Waals surface area contributed by atoms with Crippen molar-refractivity contribution >= 4 is 22.8 Å². The van der Waals surface area contributed by atoms with E-state index in [2.05, 4.69) is 54.2 Å². The second-order valence-corrected chi connectivity index (χ2v) is 11.0. The number of fused-ring (bicyclic) bond motifs is 3. The molecule has 7 heterocycles. The van der Waals surface area contributed by atoms with Crippen LogP contribution in [-0.2, 0) is 0 Å². The molecule has 2 N–H and O–H groups in total. The number of H-pyrrole nitrogens is 1. The van der Waals surface area contributed by atoms with Gasteiger partial charge in [0.2, 0.25) is 5.95 Å². The summed E-state index contributed by atoms with van der Waals surface area (Å²) < 4.78 is 0. The van der Waals surface area contributed by atoms with Crippen molar-refractivity contribution in [3.8, 4) is 11.3 Å². The van der Waals surface area contributed by atoms with Gasteiger partial charge in [0.25, 0.3) is 0 Å². The molecule has 4 aliphatic rings. The minimum atomic E-state index is 0.475. The molecule has 0 spiro atoms. The number of aromatic amines is 1. The van der Waals surface area contributed by atoms with Crippen molar-refractivity contribution in [3.05, 3.63) is 24.5 Å². The molecule has 2 bridgehead atoms. The second-order valence-electron chi connectivity index (χ2n) is 11.0. The molecule has 0 aliphatic carbocycles. The summed E-state index contributed by atoms with van der Waals surface area (Å²) in [5.74, 6) is 1.86. The predicted octanol–water partition coefficient (Wildman–Crippen LogP) is 1.92. The van der Waals surface area contributed by atoms with Gasteiger partial charge in [0.1, 0.15) is 22.5 Å². The summed E-state index contributed by atoms with van der Waals surface area (Å²) in [6, 6.07) is 5.68. The molecule has 4 saturated heterocycles. The van der Waals surface area contributed by atoms with Gasteiger partial charge in [-0.3, -0.25) is 14.9 Å². The number of rotatable bonds is 5. The van der Waals surface area contributed by atoms with Gasteiger partial charge in [0, 0.05) is 62.6 Å². The second kappa shape index (κ2) is 9.24. The summed E-state index contributed by atoms with van der Waals surface area (Å²) in [4.78, 5) is 24.7. The van der Waals surface area contributed by atoms with Gasteiger partial charge in [0.05, 0.1) is 12.9 Å². The molecule has 10 nitrogen and oxygen atoms in total. The maximum atomic E-state index is 5.07. The lowest BCUT2D eigenvalue weighted by Gasteiger charge is -2.42. The number of piperazine rings is 2. The fourth-order valence-electron chi connectivity index (χ4n) is 6.62. The van der Waals surface area contributed by atoms with Crippen molar-refractivity contribution < 1.29 is 0 Å². The lowest BCUT2D eigenvalue weighted by Crippen LogP contribution is -2.56. The van der Waals surface area contributed by atoms with E-state index in [4.69, 9.17) is 15.0 Å². The predicted molar refractivity (Wildman–Crippen MR) is 141 cm³/mol. The number of aromatic nitrogens is 5. The molecule has 4 aliphatic heterocycles. The van der Waals surface area contributed by atoms with Crippen molar-refractivity contribution in [1.82, 2.24) is 40.3 Å². The topological polar surface area (TPSA) is 92.3 Å². The Labute approximate surface area is 212 Å². The summed E-state index contributed by atoms with van der Waals surface area (Å²) in [7, 11) is 0. The first-order valence-corrected chi connectivity index (χ1v) is 13.6. The highest BCUT2D eigenvalue weighted by molar-refractivity contribution is 5.89. The third kappa shape index (κ3) is 4.10. The van der Waals surface area contributed by atoms with Crippen molar-refractivity contribution in [1.29, 1.82) is 0 Å². The van der Waals surface area contributed by atoms with Crippen LogP contribution in [0.1, 0.15) is 32.6 Å². The maximum absolute atomic E-state index is 5.07. The highest BCUT2D eigenvalue weighted by Gasteiger charge is 2.41. The molecule has 10 heteroatoms. The molecule has 3 atom stereocenters. The molecule has 3 aromatic rings. The van der Waals surface area contributed by atoms with E-state index in [1.807, 2.05) is 12.4 Å². The standard InChI is InChI=1S/C26H36N10/c1-18-14-35(11-8-27-18)23-7-4-19(12-28-23)24-25-22(31-32-24)13-29-26(30-25)36-20-5-6-21(36)16-34(15-20)17-33-9-2-3-10-33/h4,7,12-13,18,20-21,27H,2-3,5-6,8-11,14-17H2,1H3,(H,31,32)/t18-,20?,21?/m1/s1. The normalized spacial score (nSPS) is 27.4. The number of hydrogen-bond acceptors (Lipinski definition) is 9. The van der Waals surface area contributed by atoms with Gasteiger partial charge in [-0.25, -0.2) is 15.0 Å². The fourth-order valence-corrected chi connectivity index (χ4v) is 6.62. The molecule has 190 valence electrons. The van der Waals surface area contributed by atoms with Crippen molar-refractivity contribution in [2.75, 3.05) is 62.3 Å². The van der Waals surface area contributed by atoms with E-state index in [-0.39, 0.29) is 0 Å². The van der Waals surface area contributed by atoms with E-state index >= 15 is 0 Å². The largest absolute Gasteiger partial charge is 0.354 e. The average molecular weight is 489 g/mol. The van der Waals surface area contributed by atoms with Gasteiger partial charge in [-0.15, -0.1) is 0 Å². The molecule has 0 aromatic carbocycles. The summed E-state index contributed by atoms with van der Waals surface area (Å²) in [5, 5.41) is 11.2. The Morgan fingerprint density at radius 3 is 2.53 bits per heavy atom.